The molecule has 1 amide bonds. The first kappa shape index (κ1) is 12.9. The third-order valence-electron chi connectivity index (χ3n) is 5.22. The first-order valence-electron chi connectivity index (χ1n) is 7.33. The Hall–Kier alpha value is -1.10. The number of carboxylic acid groups (broad SMARTS) is 1. The summed E-state index contributed by atoms with van der Waals surface area (Å²) in [5.74, 6) is -1.06. The molecule has 3 rings (SSSR count). The fourth-order valence-corrected chi connectivity index (χ4v) is 3.79. The largest absolute Gasteiger partial charge is 0.480 e. The number of rotatable bonds is 2. The molecule has 0 aromatic rings. The molecule has 1 N–H and O–H groups in total. The van der Waals surface area contributed by atoms with E-state index in [0.717, 1.165) is 32.5 Å². The van der Waals surface area contributed by atoms with Gasteiger partial charge in [0.15, 0.2) is 0 Å². The minimum atomic E-state index is -1.10. The minimum Gasteiger partial charge on any atom is -0.480 e. The van der Waals surface area contributed by atoms with Crippen LogP contribution in [0.2, 0.25) is 0 Å². The van der Waals surface area contributed by atoms with E-state index in [1.165, 1.54) is 6.42 Å². The molecule has 1 saturated carbocycles. The standard InChI is InChI=1S/C14H22N2O3/c1-10-8-15-7-2-4-11(15)9-16(10)12(17)14(13(18)19)5-3-6-14/h10-11H,2-9H2,1H3,(H,18,19). The molecule has 19 heavy (non-hydrogen) atoms. The maximum atomic E-state index is 12.7. The van der Waals surface area contributed by atoms with E-state index in [-0.39, 0.29) is 11.9 Å². The molecule has 5 nitrogen and oxygen atoms in total. The third kappa shape index (κ3) is 1.86. The highest BCUT2D eigenvalue weighted by molar-refractivity contribution is 6.03. The van der Waals surface area contributed by atoms with Crippen LogP contribution in [0.3, 0.4) is 0 Å². The zero-order valence-electron chi connectivity index (χ0n) is 11.5. The lowest BCUT2D eigenvalue weighted by Gasteiger charge is -2.47. The Morgan fingerprint density at radius 2 is 1.95 bits per heavy atom. The van der Waals surface area contributed by atoms with E-state index in [9.17, 15) is 14.7 Å². The van der Waals surface area contributed by atoms with Crippen molar-refractivity contribution >= 4 is 11.9 Å². The average molecular weight is 266 g/mol. The van der Waals surface area contributed by atoms with Gasteiger partial charge in [-0.15, -0.1) is 0 Å². The van der Waals surface area contributed by atoms with Gasteiger partial charge in [0.05, 0.1) is 0 Å². The molecule has 0 aromatic heterocycles. The number of carbonyl (C=O) groups is 2. The molecule has 0 bridgehead atoms. The zero-order chi connectivity index (χ0) is 13.6. The van der Waals surface area contributed by atoms with Gasteiger partial charge in [-0.25, -0.2) is 0 Å². The Bertz CT molecular complexity index is 405. The molecule has 2 aliphatic heterocycles. The molecule has 2 heterocycles. The number of hydrogen-bond donors (Lipinski definition) is 1. The van der Waals surface area contributed by atoms with Gasteiger partial charge in [-0.3, -0.25) is 14.5 Å². The number of nitrogens with zero attached hydrogens (tertiary/aromatic N) is 2. The molecule has 3 aliphatic rings. The molecule has 0 spiro atoms. The average Bonchev–Trinajstić information content (AvgIpc) is 2.72. The fraction of sp³-hybridized carbons (Fsp3) is 0.857. The number of carbonyl (C=O) groups excluding carboxylic acids is 1. The molecule has 2 atom stereocenters. The molecule has 5 heteroatoms. The van der Waals surface area contributed by atoms with E-state index in [2.05, 4.69) is 4.90 Å². The van der Waals surface area contributed by atoms with Crippen LogP contribution in [-0.2, 0) is 9.59 Å². The van der Waals surface area contributed by atoms with Gasteiger partial charge in [-0.1, -0.05) is 6.42 Å². The maximum absolute atomic E-state index is 12.7. The van der Waals surface area contributed by atoms with Crippen molar-refractivity contribution in [3.05, 3.63) is 0 Å². The summed E-state index contributed by atoms with van der Waals surface area (Å²) in [6.07, 6.45) is 4.22. The summed E-state index contributed by atoms with van der Waals surface area (Å²) in [5, 5.41) is 9.40. The number of piperazine rings is 1. The summed E-state index contributed by atoms with van der Waals surface area (Å²) in [6, 6.07) is 0.588. The molecular weight excluding hydrogens is 244 g/mol. The lowest BCUT2D eigenvalue weighted by molar-refractivity contribution is -0.170. The molecule has 0 aromatic carbocycles. The normalized spacial score (nSPS) is 33.6. The second-order valence-electron chi connectivity index (χ2n) is 6.34. The van der Waals surface area contributed by atoms with Gasteiger partial charge in [-0.2, -0.15) is 0 Å². The molecular formula is C14H22N2O3. The van der Waals surface area contributed by atoms with Crippen LogP contribution in [0.5, 0.6) is 0 Å². The highest BCUT2D eigenvalue weighted by Crippen LogP contribution is 2.44. The molecule has 106 valence electrons. The summed E-state index contributed by atoms with van der Waals surface area (Å²) >= 11 is 0. The van der Waals surface area contributed by atoms with Gasteiger partial charge in [-0.05, 0) is 39.2 Å². The third-order valence-corrected chi connectivity index (χ3v) is 5.22. The van der Waals surface area contributed by atoms with E-state index in [0.29, 0.717) is 18.9 Å². The van der Waals surface area contributed by atoms with Crippen molar-refractivity contribution < 1.29 is 14.7 Å². The molecule has 2 saturated heterocycles. The van der Waals surface area contributed by atoms with Crippen LogP contribution in [0, 0.1) is 5.41 Å². The first-order chi connectivity index (χ1) is 9.04. The highest BCUT2D eigenvalue weighted by atomic mass is 16.4. The van der Waals surface area contributed by atoms with Gasteiger partial charge in [0.25, 0.3) is 0 Å². The van der Waals surface area contributed by atoms with Gasteiger partial charge in [0, 0.05) is 25.2 Å². The van der Waals surface area contributed by atoms with E-state index in [1.54, 1.807) is 0 Å². The zero-order valence-corrected chi connectivity index (χ0v) is 11.5. The van der Waals surface area contributed by atoms with Crippen LogP contribution in [0.15, 0.2) is 0 Å². The topological polar surface area (TPSA) is 60.9 Å². The number of hydrogen-bond acceptors (Lipinski definition) is 3. The Balaban J connectivity index is 1.77. The van der Waals surface area contributed by atoms with Crippen molar-refractivity contribution in [1.29, 1.82) is 0 Å². The van der Waals surface area contributed by atoms with Crippen LogP contribution in [0.4, 0.5) is 0 Å². The highest BCUT2D eigenvalue weighted by Gasteiger charge is 2.54. The van der Waals surface area contributed by atoms with E-state index < -0.39 is 11.4 Å². The lowest BCUT2D eigenvalue weighted by atomic mass is 9.67. The predicted octanol–water partition coefficient (Wildman–Crippen LogP) is 0.936. The van der Waals surface area contributed by atoms with E-state index in [4.69, 9.17) is 0 Å². The van der Waals surface area contributed by atoms with Gasteiger partial charge < -0.3 is 10.0 Å². The van der Waals surface area contributed by atoms with Crippen molar-refractivity contribution in [3.8, 4) is 0 Å². The Morgan fingerprint density at radius 1 is 1.21 bits per heavy atom. The number of amides is 1. The minimum absolute atomic E-state index is 0.134. The fourth-order valence-electron chi connectivity index (χ4n) is 3.79. The Morgan fingerprint density at radius 3 is 2.53 bits per heavy atom. The molecule has 1 aliphatic carbocycles. The molecule has 0 radical (unpaired) electrons. The number of aliphatic carboxylic acids is 1. The Labute approximate surface area is 113 Å². The SMILES string of the molecule is CC1CN2CCCC2CN1C(=O)C1(C(=O)O)CCC1. The van der Waals surface area contributed by atoms with Crippen LogP contribution >= 0.6 is 0 Å². The smallest absolute Gasteiger partial charge is 0.319 e. The molecule has 3 fully saturated rings. The van der Waals surface area contributed by atoms with Crippen LogP contribution in [0.1, 0.15) is 39.0 Å². The van der Waals surface area contributed by atoms with Crippen molar-refractivity contribution in [3.63, 3.8) is 0 Å². The van der Waals surface area contributed by atoms with Gasteiger partial charge >= 0.3 is 5.97 Å². The van der Waals surface area contributed by atoms with Crippen molar-refractivity contribution in [2.75, 3.05) is 19.6 Å². The van der Waals surface area contributed by atoms with E-state index >= 15 is 0 Å². The second-order valence-corrected chi connectivity index (χ2v) is 6.34. The summed E-state index contributed by atoms with van der Waals surface area (Å²) in [4.78, 5) is 28.4. The van der Waals surface area contributed by atoms with Gasteiger partial charge in [0.2, 0.25) is 5.91 Å². The summed E-state index contributed by atoms with van der Waals surface area (Å²) < 4.78 is 0. The summed E-state index contributed by atoms with van der Waals surface area (Å²) in [7, 11) is 0. The number of carboxylic acids is 1. The second kappa shape index (κ2) is 4.47. The Kier molecular flexibility index (Phi) is 3.04. The van der Waals surface area contributed by atoms with Gasteiger partial charge in [0.1, 0.15) is 5.41 Å². The molecule has 2 unspecified atom stereocenters. The van der Waals surface area contributed by atoms with Crippen molar-refractivity contribution in [1.82, 2.24) is 9.80 Å². The van der Waals surface area contributed by atoms with Crippen molar-refractivity contribution in [2.45, 2.75) is 51.1 Å². The quantitative estimate of drug-likeness (QED) is 0.756. The number of fused-ring (bicyclic) bond motifs is 1. The maximum Gasteiger partial charge on any atom is 0.319 e. The summed E-state index contributed by atoms with van der Waals surface area (Å²) in [5.41, 5.74) is -1.10. The van der Waals surface area contributed by atoms with Crippen LogP contribution in [0.25, 0.3) is 0 Å². The lowest BCUT2D eigenvalue weighted by Crippen LogP contribution is -2.62. The van der Waals surface area contributed by atoms with E-state index in [1.807, 2.05) is 11.8 Å². The van der Waals surface area contributed by atoms with Crippen LogP contribution in [-0.4, -0.2) is 58.5 Å². The van der Waals surface area contributed by atoms with Crippen LogP contribution < -0.4 is 0 Å². The summed E-state index contributed by atoms with van der Waals surface area (Å²) in [6.45, 7) is 4.78. The monoisotopic (exact) mass is 266 g/mol. The van der Waals surface area contributed by atoms with Crippen molar-refractivity contribution in [2.24, 2.45) is 5.41 Å². The predicted molar refractivity (Wildman–Crippen MR) is 69.7 cm³/mol. The first-order valence-corrected chi connectivity index (χ1v) is 7.33.